The fraction of sp³-hybridized carbons (Fsp3) is 0.321. The minimum Gasteiger partial charge on any atom is -0.380 e. The van der Waals surface area contributed by atoms with Gasteiger partial charge in [-0.05, 0) is 60.4 Å². The van der Waals surface area contributed by atoms with Crippen LogP contribution in [0.4, 0.5) is 0 Å². The molecule has 0 aliphatic heterocycles. The van der Waals surface area contributed by atoms with Gasteiger partial charge in [-0.15, -0.1) is 0 Å². The predicted octanol–water partition coefficient (Wildman–Crippen LogP) is 4.59. The van der Waals surface area contributed by atoms with Gasteiger partial charge in [0.05, 0.1) is 0 Å². The van der Waals surface area contributed by atoms with Crippen molar-refractivity contribution in [3.63, 3.8) is 0 Å². The molecule has 166 valence electrons. The number of hydrogen-bond acceptors (Lipinski definition) is 3. The molecule has 0 spiro atoms. The van der Waals surface area contributed by atoms with Gasteiger partial charge in [-0.2, -0.15) is 0 Å². The van der Waals surface area contributed by atoms with Crippen molar-refractivity contribution in [1.29, 1.82) is 0 Å². The van der Waals surface area contributed by atoms with E-state index >= 15 is 0 Å². The highest BCUT2D eigenvalue weighted by Crippen LogP contribution is 2.27. The molecule has 4 heteroatoms. The summed E-state index contributed by atoms with van der Waals surface area (Å²) in [7, 11) is 0. The third-order valence-electron chi connectivity index (χ3n) is 6.21. The van der Waals surface area contributed by atoms with E-state index in [-0.39, 0.29) is 5.91 Å². The van der Waals surface area contributed by atoms with Crippen molar-refractivity contribution in [3.8, 4) is 0 Å². The van der Waals surface area contributed by atoms with Gasteiger partial charge in [0, 0.05) is 19.5 Å². The molecular formula is C28H32N2O2. The van der Waals surface area contributed by atoms with E-state index < -0.39 is 5.60 Å². The molecule has 3 aromatic carbocycles. The first-order chi connectivity index (χ1) is 15.5. The lowest BCUT2D eigenvalue weighted by atomic mass is 9.84. The van der Waals surface area contributed by atoms with Crippen molar-refractivity contribution in [2.45, 2.75) is 57.7 Å². The number of hydrazine groups is 1. The summed E-state index contributed by atoms with van der Waals surface area (Å²) in [5.74, 6) is -0.377. The van der Waals surface area contributed by atoms with E-state index in [9.17, 15) is 9.90 Å². The molecule has 1 amide bonds. The molecule has 1 atom stereocenters. The lowest BCUT2D eigenvalue weighted by Gasteiger charge is -2.30. The Morgan fingerprint density at radius 2 is 1.47 bits per heavy atom. The van der Waals surface area contributed by atoms with Crippen LogP contribution in [-0.2, 0) is 37.1 Å². The number of hydrogen-bond donors (Lipinski definition) is 2. The molecule has 0 saturated heterocycles. The van der Waals surface area contributed by atoms with E-state index in [0.717, 1.165) is 29.5 Å². The highest BCUT2D eigenvalue weighted by molar-refractivity contribution is 5.84. The van der Waals surface area contributed by atoms with Crippen LogP contribution in [0.3, 0.4) is 0 Å². The van der Waals surface area contributed by atoms with Gasteiger partial charge in [0.25, 0.3) is 5.91 Å². The van der Waals surface area contributed by atoms with Crippen LogP contribution in [0.5, 0.6) is 0 Å². The normalized spacial score (nSPS) is 15.1. The lowest BCUT2D eigenvalue weighted by Crippen LogP contribution is -2.52. The summed E-state index contributed by atoms with van der Waals surface area (Å²) < 4.78 is 0. The number of nitrogens with one attached hydrogen (secondary N) is 1. The molecule has 3 aromatic rings. The zero-order chi connectivity index (χ0) is 22.4. The summed E-state index contributed by atoms with van der Waals surface area (Å²) in [4.78, 5) is 13.2. The summed E-state index contributed by atoms with van der Waals surface area (Å²) in [5, 5.41) is 13.1. The van der Waals surface area contributed by atoms with Crippen molar-refractivity contribution < 1.29 is 9.90 Å². The first kappa shape index (κ1) is 22.3. The molecule has 0 radical (unpaired) electrons. The minimum absolute atomic E-state index is 0.312. The Hall–Kier alpha value is -2.95. The topological polar surface area (TPSA) is 52.6 Å². The van der Waals surface area contributed by atoms with Gasteiger partial charge in [-0.3, -0.25) is 10.2 Å². The second-order valence-corrected chi connectivity index (χ2v) is 8.98. The Labute approximate surface area is 190 Å². The number of aliphatic hydroxyl groups is 1. The molecule has 4 rings (SSSR count). The molecule has 0 heterocycles. The fourth-order valence-corrected chi connectivity index (χ4v) is 4.48. The standard InChI is InChI=1S/C28H32N2O2/c1-28(32,19-25-17-10-16-24-15-8-9-18-26(24)25)27(31)29-30(20-22-11-4-2-5-12-22)21-23-13-6-3-7-14-23/h2-7,10-14,16-17,32H,8-9,15,18-21H2,1H3,(H,29,31). The second-order valence-electron chi connectivity index (χ2n) is 8.98. The molecule has 2 N–H and O–H groups in total. The number of fused-ring (bicyclic) bond motifs is 1. The van der Waals surface area contributed by atoms with E-state index in [1.807, 2.05) is 71.7 Å². The van der Waals surface area contributed by atoms with Gasteiger partial charge >= 0.3 is 0 Å². The zero-order valence-corrected chi connectivity index (χ0v) is 18.8. The minimum atomic E-state index is -1.50. The van der Waals surface area contributed by atoms with Crippen LogP contribution in [0.1, 0.15) is 47.6 Å². The number of nitrogens with zero attached hydrogens (tertiary/aromatic N) is 1. The molecule has 1 aliphatic rings. The fourth-order valence-electron chi connectivity index (χ4n) is 4.48. The third-order valence-corrected chi connectivity index (χ3v) is 6.21. The third kappa shape index (κ3) is 5.64. The monoisotopic (exact) mass is 428 g/mol. The Kier molecular flexibility index (Phi) is 7.03. The first-order valence-corrected chi connectivity index (χ1v) is 11.5. The van der Waals surface area contributed by atoms with E-state index in [1.54, 1.807) is 6.92 Å². The average Bonchev–Trinajstić information content (AvgIpc) is 2.80. The molecule has 0 saturated carbocycles. The van der Waals surface area contributed by atoms with Gasteiger partial charge < -0.3 is 5.11 Å². The van der Waals surface area contributed by atoms with Crippen LogP contribution in [0, 0.1) is 0 Å². The molecule has 0 aromatic heterocycles. The maximum Gasteiger partial charge on any atom is 0.266 e. The van der Waals surface area contributed by atoms with Crippen molar-refractivity contribution in [2.75, 3.05) is 0 Å². The van der Waals surface area contributed by atoms with Crippen LogP contribution >= 0.6 is 0 Å². The molecule has 1 aliphatic carbocycles. The number of carbonyl (C=O) groups is 1. The average molecular weight is 429 g/mol. The van der Waals surface area contributed by atoms with Crippen LogP contribution in [0.25, 0.3) is 0 Å². The molecule has 32 heavy (non-hydrogen) atoms. The summed E-state index contributed by atoms with van der Waals surface area (Å²) >= 11 is 0. The highest BCUT2D eigenvalue weighted by Gasteiger charge is 2.33. The van der Waals surface area contributed by atoms with Gasteiger partial charge in [-0.25, -0.2) is 5.01 Å². The molecule has 4 nitrogen and oxygen atoms in total. The highest BCUT2D eigenvalue weighted by atomic mass is 16.3. The second kappa shape index (κ2) is 10.1. The SMILES string of the molecule is CC(O)(Cc1cccc2c1CCCC2)C(=O)NN(Cc1ccccc1)Cc1ccccc1. The quantitative estimate of drug-likeness (QED) is 0.516. The van der Waals surface area contributed by atoms with Crippen LogP contribution < -0.4 is 5.43 Å². The van der Waals surface area contributed by atoms with E-state index in [0.29, 0.717) is 19.5 Å². The summed E-state index contributed by atoms with van der Waals surface area (Å²) in [5.41, 5.74) is 7.45. The predicted molar refractivity (Wildman–Crippen MR) is 128 cm³/mol. The van der Waals surface area contributed by atoms with E-state index in [2.05, 4.69) is 17.6 Å². The number of rotatable bonds is 8. The largest absolute Gasteiger partial charge is 0.380 e. The Morgan fingerprint density at radius 3 is 2.09 bits per heavy atom. The van der Waals surface area contributed by atoms with Gasteiger partial charge in [-0.1, -0.05) is 78.9 Å². The van der Waals surface area contributed by atoms with Crippen molar-refractivity contribution in [1.82, 2.24) is 10.4 Å². The maximum absolute atomic E-state index is 13.2. The van der Waals surface area contributed by atoms with E-state index in [4.69, 9.17) is 0 Å². The Bertz CT molecular complexity index is 990. The lowest BCUT2D eigenvalue weighted by molar-refractivity contribution is -0.144. The smallest absolute Gasteiger partial charge is 0.266 e. The summed E-state index contributed by atoms with van der Waals surface area (Å²) in [6.45, 7) is 2.73. The van der Waals surface area contributed by atoms with Gasteiger partial charge in [0.15, 0.2) is 0 Å². The molecular weight excluding hydrogens is 396 g/mol. The van der Waals surface area contributed by atoms with Crippen molar-refractivity contribution >= 4 is 5.91 Å². The Morgan fingerprint density at radius 1 is 0.875 bits per heavy atom. The molecule has 1 unspecified atom stereocenters. The van der Waals surface area contributed by atoms with Crippen LogP contribution in [0.15, 0.2) is 78.9 Å². The van der Waals surface area contributed by atoms with Crippen LogP contribution in [0.2, 0.25) is 0 Å². The molecule has 0 bridgehead atoms. The van der Waals surface area contributed by atoms with Gasteiger partial charge in [0.1, 0.15) is 5.60 Å². The number of aryl methyl sites for hydroxylation is 1. The van der Waals surface area contributed by atoms with Crippen LogP contribution in [-0.4, -0.2) is 21.6 Å². The first-order valence-electron chi connectivity index (χ1n) is 11.5. The number of amides is 1. The molecule has 0 fully saturated rings. The van der Waals surface area contributed by atoms with E-state index in [1.165, 1.54) is 24.0 Å². The van der Waals surface area contributed by atoms with Crippen molar-refractivity contribution in [3.05, 3.63) is 107 Å². The zero-order valence-electron chi connectivity index (χ0n) is 18.8. The van der Waals surface area contributed by atoms with Gasteiger partial charge in [0.2, 0.25) is 0 Å². The van der Waals surface area contributed by atoms with Crippen molar-refractivity contribution in [2.24, 2.45) is 0 Å². The summed E-state index contributed by atoms with van der Waals surface area (Å²) in [6, 6.07) is 26.4. The summed E-state index contributed by atoms with van der Waals surface area (Å²) in [6.07, 6.45) is 4.80. The maximum atomic E-state index is 13.2. The number of benzene rings is 3. The Balaban J connectivity index is 1.50. The number of carbonyl (C=O) groups excluding carboxylic acids is 1.